The van der Waals surface area contributed by atoms with Crippen molar-refractivity contribution in [3.8, 4) is 0 Å². The summed E-state index contributed by atoms with van der Waals surface area (Å²) in [7, 11) is 0. The van der Waals surface area contributed by atoms with E-state index in [0.29, 0.717) is 38.8 Å². The van der Waals surface area contributed by atoms with E-state index in [0.717, 1.165) is 6.42 Å². The number of amides is 7. The van der Waals surface area contributed by atoms with Gasteiger partial charge in [0.05, 0.1) is 19.1 Å². The summed E-state index contributed by atoms with van der Waals surface area (Å²) >= 11 is 0. The van der Waals surface area contributed by atoms with Crippen LogP contribution in [0, 0.1) is 0 Å². The lowest BCUT2D eigenvalue weighted by molar-refractivity contribution is -0.144. The van der Waals surface area contributed by atoms with Gasteiger partial charge in [-0.1, -0.05) is 0 Å². The lowest BCUT2D eigenvalue weighted by Gasteiger charge is -2.26. The average Bonchev–Trinajstić information content (AvgIpc) is 3.79. The highest BCUT2D eigenvalue weighted by molar-refractivity contribution is 5.96. The van der Waals surface area contributed by atoms with E-state index in [1.807, 2.05) is 0 Å². The third kappa shape index (κ3) is 14.3. The predicted molar refractivity (Wildman–Crippen MR) is 173 cm³/mol. The maximum Gasteiger partial charge on any atom is 0.326 e. The molecule has 0 bridgehead atoms. The van der Waals surface area contributed by atoms with Gasteiger partial charge in [-0.3, -0.25) is 38.4 Å². The molecule has 280 valence electrons. The summed E-state index contributed by atoms with van der Waals surface area (Å²) in [4.78, 5) is 113. The SMILES string of the molecule is NCCCC[C@H](NC(=O)[C@@H]1CCCN1C(=O)CNC(=O)[C@H](CCC(N)=O)NC(=O)[C@H](CCC(=O)O)NC(=O)CNC(=O)[C@@H]1CCCN1)C(=O)O. The van der Waals surface area contributed by atoms with E-state index in [1.54, 1.807) is 0 Å². The summed E-state index contributed by atoms with van der Waals surface area (Å²) < 4.78 is 0. The summed E-state index contributed by atoms with van der Waals surface area (Å²) in [6.45, 7) is 0.0798. The fraction of sp³-hybridized carbons (Fsp3) is 0.700. The standard InChI is InChI=1S/C30H49N9O11/c31-12-2-1-5-20(30(49)50)38-29(48)21-7-4-14-39(21)24(42)16-35-27(46)18(8-10-22(32)40)37-28(47)19(9-11-25(43)44)36-23(41)15-34-26(45)17-6-3-13-33-17/h17-21,33H,1-16,31H2,(H2,32,40)(H,34,45)(H,35,46)(H,36,41)(H,37,47)(H,38,48)(H,43,44)(H,49,50)/t17-,18-,19-,20-,21-/m0/s1. The van der Waals surface area contributed by atoms with E-state index in [1.165, 1.54) is 4.90 Å². The molecule has 0 spiro atoms. The van der Waals surface area contributed by atoms with E-state index in [2.05, 4.69) is 31.9 Å². The molecule has 5 atom stereocenters. The minimum atomic E-state index is -1.44. The Kier molecular flexibility index (Phi) is 17.6. The number of aliphatic carboxylic acids is 2. The summed E-state index contributed by atoms with van der Waals surface area (Å²) in [5.74, 6) is -7.68. The molecular formula is C30H49N9O11. The van der Waals surface area contributed by atoms with Crippen molar-refractivity contribution in [2.45, 2.75) is 101 Å². The number of carbonyl (C=O) groups is 9. The number of hydrogen-bond acceptors (Lipinski definition) is 11. The third-order valence-electron chi connectivity index (χ3n) is 8.26. The molecule has 50 heavy (non-hydrogen) atoms. The van der Waals surface area contributed by atoms with Gasteiger partial charge in [-0.2, -0.15) is 0 Å². The van der Waals surface area contributed by atoms with Crippen molar-refractivity contribution in [1.29, 1.82) is 0 Å². The summed E-state index contributed by atoms with van der Waals surface area (Å²) in [5.41, 5.74) is 10.7. The number of nitrogens with two attached hydrogens (primary N) is 2. The maximum absolute atomic E-state index is 13.2. The Morgan fingerprint density at radius 3 is 2.08 bits per heavy atom. The van der Waals surface area contributed by atoms with Crippen LogP contribution in [0.1, 0.15) is 70.6 Å². The molecule has 0 aliphatic carbocycles. The van der Waals surface area contributed by atoms with Crippen LogP contribution in [-0.2, 0) is 43.2 Å². The van der Waals surface area contributed by atoms with Crippen LogP contribution in [0.5, 0.6) is 0 Å². The number of primary amides is 1. The molecule has 2 saturated heterocycles. The second-order valence-electron chi connectivity index (χ2n) is 12.1. The van der Waals surface area contributed by atoms with Gasteiger partial charge in [0.1, 0.15) is 24.2 Å². The van der Waals surface area contributed by atoms with Crippen molar-refractivity contribution in [2.24, 2.45) is 11.5 Å². The Morgan fingerprint density at radius 1 is 0.760 bits per heavy atom. The summed E-state index contributed by atoms with van der Waals surface area (Å²) in [5, 5.41) is 33.6. The monoisotopic (exact) mass is 711 g/mol. The zero-order valence-corrected chi connectivity index (χ0v) is 27.9. The van der Waals surface area contributed by atoms with Gasteiger partial charge in [-0.05, 0) is 70.9 Å². The lowest BCUT2D eigenvalue weighted by atomic mass is 10.1. The molecule has 2 fully saturated rings. The lowest BCUT2D eigenvalue weighted by Crippen LogP contribution is -2.56. The van der Waals surface area contributed by atoms with Crippen molar-refractivity contribution in [3.63, 3.8) is 0 Å². The zero-order valence-electron chi connectivity index (χ0n) is 27.9. The van der Waals surface area contributed by atoms with Gasteiger partial charge in [-0.15, -0.1) is 0 Å². The number of nitrogens with zero attached hydrogens (tertiary/aromatic N) is 1. The van der Waals surface area contributed by atoms with Gasteiger partial charge in [0.25, 0.3) is 0 Å². The number of unbranched alkanes of at least 4 members (excludes halogenated alkanes) is 1. The number of hydrogen-bond donors (Lipinski definition) is 10. The first kappa shape index (κ1) is 41.3. The number of carbonyl (C=O) groups excluding carboxylic acids is 7. The first-order valence-corrected chi connectivity index (χ1v) is 16.6. The summed E-state index contributed by atoms with van der Waals surface area (Å²) in [6.07, 6.45) is 1.74. The van der Waals surface area contributed by atoms with Crippen molar-refractivity contribution < 1.29 is 53.4 Å². The normalized spacial score (nSPS) is 18.6. The zero-order chi connectivity index (χ0) is 37.2. The molecule has 0 aromatic carbocycles. The number of carboxylic acids is 2. The Bertz CT molecular complexity index is 1260. The molecule has 2 heterocycles. The largest absolute Gasteiger partial charge is 0.481 e. The van der Waals surface area contributed by atoms with E-state index >= 15 is 0 Å². The number of carboxylic acid groups (broad SMARTS) is 2. The second-order valence-corrected chi connectivity index (χ2v) is 12.1. The van der Waals surface area contributed by atoms with E-state index < -0.39 is 103 Å². The topological polar surface area (TPSA) is 322 Å². The Labute approximate surface area is 288 Å². The van der Waals surface area contributed by atoms with Gasteiger partial charge < -0.3 is 58.5 Å². The first-order valence-electron chi connectivity index (χ1n) is 16.6. The van der Waals surface area contributed by atoms with Crippen molar-refractivity contribution in [1.82, 2.24) is 36.8 Å². The summed E-state index contributed by atoms with van der Waals surface area (Å²) in [6, 6.07) is -5.49. The van der Waals surface area contributed by atoms with Gasteiger partial charge >= 0.3 is 11.9 Å². The van der Waals surface area contributed by atoms with Crippen molar-refractivity contribution in [2.75, 3.05) is 32.7 Å². The molecule has 0 unspecified atom stereocenters. The number of nitrogens with one attached hydrogen (secondary N) is 6. The molecule has 2 aliphatic heterocycles. The van der Waals surface area contributed by atoms with Gasteiger partial charge in [0.2, 0.25) is 41.4 Å². The van der Waals surface area contributed by atoms with Crippen LogP contribution >= 0.6 is 0 Å². The molecule has 20 heteroatoms. The Balaban J connectivity index is 2.03. The molecular weight excluding hydrogens is 662 g/mol. The van der Waals surface area contributed by atoms with Crippen LogP contribution in [0.15, 0.2) is 0 Å². The van der Waals surface area contributed by atoms with Gasteiger partial charge in [-0.25, -0.2) is 4.79 Å². The van der Waals surface area contributed by atoms with E-state index in [9.17, 15) is 48.3 Å². The minimum Gasteiger partial charge on any atom is -0.481 e. The third-order valence-corrected chi connectivity index (χ3v) is 8.26. The molecule has 7 amide bonds. The van der Waals surface area contributed by atoms with E-state index in [4.69, 9.17) is 16.6 Å². The van der Waals surface area contributed by atoms with Crippen LogP contribution in [0.2, 0.25) is 0 Å². The maximum atomic E-state index is 13.2. The Hall–Kier alpha value is -4.85. The molecule has 12 N–H and O–H groups in total. The smallest absolute Gasteiger partial charge is 0.326 e. The second kappa shape index (κ2) is 21.3. The Morgan fingerprint density at radius 2 is 1.46 bits per heavy atom. The highest BCUT2D eigenvalue weighted by Gasteiger charge is 2.36. The van der Waals surface area contributed by atoms with Crippen LogP contribution in [0.3, 0.4) is 0 Å². The predicted octanol–water partition coefficient (Wildman–Crippen LogP) is -4.24. The van der Waals surface area contributed by atoms with Crippen molar-refractivity contribution >= 4 is 53.3 Å². The molecule has 0 aromatic rings. The number of likely N-dealkylation sites (tertiary alicyclic amines) is 1. The fourth-order valence-electron chi connectivity index (χ4n) is 5.55. The molecule has 2 rings (SSSR count). The number of rotatable bonds is 22. The molecule has 0 aromatic heterocycles. The molecule has 0 saturated carbocycles. The first-order chi connectivity index (χ1) is 23.7. The fourth-order valence-corrected chi connectivity index (χ4v) is 5.55. The van der Waals surface area contributed by atoms with Gasteiger partial charge in [0.15, 0.2) is 0 Å². The quantitative estimate of drug-likeness (QED) is 0.0477. The average molecular weight is 712 g/mol. The van der Waals surface area contributed by atoms with Gasteiger partial charge in [0, 0.05) is 19.4 Å². The van der Waals surface area contributed by atoms with Crippen molar-refractivity contribution in [3.05, 3.63) is 0 Å². The molecule has 2 aliphatic rings. The van der Waals surface area contributed by atoms with Crippen LogP contribution in [-0.4, -0.2) is 131 Å². The van der Waals surface area contributed by atoms with E-state index in [-0.39, 0.29) is 38.6 Å². The van der Waals surface area contributed by atoms with Crippen LogP contribution < -0.4 is 43.4 Å². The highest BCUT2D eigenvalue weighted by atomic mass is 16.4. The molecule has 0 radical (unpaired) electrons. The molecule has 20 nitrogen and oxygen atoms in total. The minimum absolute atomic E-state index is 0.156. The van der Waals surface area contributed by atoms with Crippen LogP contribution in [0.4, 0.5) is 0 Å². The highest BCUT2D eigenvalue weighted by Crippen LogP contribution is 2.18. The van der Waals surface area contributed by atoms with Crippen LogP contribution in [0.25, 0.3) is 0 Å².